The molecule has 0 saturated carbocycles. The van der Waals surface area contributed by atoms with Crippen LogP contribution >= 0.6 is 0 Å². The van der Waals surface area contributed by atoms with Crippen molar-refractivity contribution in [2.45, 2.75) is 19.5 Å². The molecule has 1 unspecified atom stereocenters. The van der Waals surface area contributed by atoms with Crippen LogP contribution in [0.15, 0.2) is 6.07 Å². The van der Waals surface area contributed by atoms with Gasteiger partial charge in [-0.3, -0.25) is 0 Å². The van der Waals surface area contributed by atoms with Gasteiger partial charge in [0, 0.05) is 12.6 Å². The molecule has 0 aromatic carbocycles. The van der Waals surface area contributed by atoms with Crippen molar-refractivity contribution in [3.8, 4) is 0 Å². The van der Waals surface area contributed by atoms with Crippen molar-refractivity contribution >= 4 is 15.7 Å². The number of alkyl halides is 3. The van der Waals surface area contributed by atoms with E-state index in [4.69, 9.17) is 0 Å². The molecular formula is C11H14F3N3O2S. The predicted molar refractivity (Wildman–Crippen MR) is 67.0 cm³/mol. The Morgan fingerprint density at radius 3 is 2.65 bits per heavy atom. The number of halogens is 3. The fourth-order valence-corrected chi connectivity index (χ4v) is 3.95. The molecule has 1 saturated heterocycles. The molecule has 1 aliphatic rings. The Morgan fingerprint density at radius 2 is 2.10 bits per heavy atom. The lowest BCUT2D eigenvalue weighted by Gasteiger charge is -2.12. The smallest absolute Gasteiger partial charge is 0.370 e. The number of sulfone groups is 1. The molecule has 1 aromatic rings. The van der Waals surface area contributed by atoms with E-state index in [2.05, 4.69) is 15.3 Å². The van der Waals surface area contributed by atoms with Gasteiger partial charge in [-0.2, -0.15) is 13.2 Å². The molecule has 0 spiro atoms. The summed E-state index contributed by atoms with van der Waals surface area (Å²) in [5, 5.41) is 2.76. The highest BCUT2D eigenvalue weighted by atomic mass is 32.2. The van der Waals surface area contributed by atoms with Gasteiger partial charge in [0.15, 0.2) is 9.84 Å². The van der Waals surface area contributed by atoms with Crippen molar-refractivity contribution in [3.05, 3.63) is 17.6 Å². The maximum atomic E-state index is 12.6. The molecule has 1 atom stereocenters. The van der Waals surface area contributed by atoms with Gasteiger partial charge in [0.1, 0.15) is 17.3 Å². The van der Waals surface area contributed by atoms with Gasteiger partial charge in [-0.1, -0.05) is 0 Å². The molecule has 9 heteroatoms. The molecule has 0 aliphatic carbocycles. The molecule has 2 rings (SSSR count). The van der Waals surface area contributed by atoms with E-state index in [-0.39, 0.29) is 35.6 Å². The topological polar surface area (TPSA) is 72.0 Å². The van der Waals surface area contributed by atoms with Gasteiger partial charge >= 0.3 is 6.18 Å². The number of nitrogens with zero attached hydrogens (tertiary/aromatic N) is 2. The zero-order chi connectivity index (χ0) is 15.0. The van der Waals surface area contributed by atoms with E-state index < -0.39 is 21.7 Å². The molecule has 2 heterocycles. The SMILES string of the molecule is Cc1nc(NCC2CCS(=O)(=O)C2)cc(C(F)(F)F)n1. The number of hydrogen-bond donors (Lipinski definition) is 1. The summed E-state index contributed by atoms with van der Waals surface area (Å²) in [4.78, 5) is 7.21. The molecular weight excluding hydrogens is 295 g/mol. The van der Waals surface area contributed by atoms with Crippen LogP contribution in [0.5, 0.6) is 0 Å². The van der Waals surface area contributed by atoms with Crippen molar-refractivity contribution in [2.24, 2.45) is 5.92 Å². The number of aryl methyl sites for hydroxylation is 1. The van der Waals surface area contributed by atoms with Crippen LogP contribution in [0.25, 0.3) is 0 Å². The number of anilines is 1. The normalized spacial score (nSPS) is 21.9. The Bertz CT molecular complexity index is 601. The molecule has 5 nitrogen and oxygen atoms in total. The summed E-state index contributed by atoms with van der Waals surface area (Å²) in [6.07, 6.45) is -4.01. The molecule has 1 fully saturated rings. The van der Waals surface area contributed by atoms with Crippen molar-refractivity contribution in [1.82, 2.24) is 9.97 Å². The zero-order valence-electron chi connectivity index (χ0n) is 10.7. The van der Waals surface area contributed by atoms with Crippen LogP contribution in [0.2, 0.25) is 0 Å². The number of hydrogen-bond acceptors (Lipinski definition) is 5. The average Bonchev–Trinajstić information content (AvgIpc) is 2.64. The van der Waals surface area contributed by atoms with E-state index in [0.29, 0.717) is 6.42 Å². The lowest BCUT2D eigenvalue weighted by molar-refractivity contribution is -0.141. The molecule has 1 aliphatic heterocycles. The minimum atomic E-state index is -4.53. The quantitative estimate of drug-likeness (QED) is 0.919. The van der Waals surface area contributed by atoms with Crippen LogP contribution in [0, 0.1) is 12.8 Å². The Balaban J connectivity index is 2.05. The van der Waals surface area contributed by atoms with Crippen LogP contribution in [-0.2, 0) is 16.0 Å². The van der Waals surface area contributed by atoms with Crippen LogP contribution < -0.4 is 5.32 Å². The summed E-state index contributed by atoms with van der Waals surface area (Å²) in [5.41, 5.74) is -1.01. The van der Waals surface area contributed by atoms with E-state index >= 15 is 0 Å². The second-order valence-electron chi connectivity index (χ2n) is 4.83. The lowest BCUT2D eigenvalue weighted by Crippen LogP contribution is -2.18. The van der Waals surface area contributed by atoms with Crippen molar-refractivity contribution in [3.63, 3.8) is 0 Å². The van der Waals surface area contributed by atoms with Crippen LogP contribution in [0.4, 0.5) is 19.0 Å². The fourth-order valence-electron chi connectivity index (χ4n) is 2.09. The first kappa shape index (κ1) is 15.0. The number of rotatable bonds is 3. The van der Waals surface area contributed by atoms with Crippen LogP contribution in [0.1, 0.15) is 17.9 Å². The first-order valence-electron chi connectivity index (χ1n) is 6.03. The first-order valence-corrected chi connectivity index (χ1v) is 7.85. The highest BCUT2D eigenvalue weighted by Gasteiger charge is 2.33. The van der Waals surface area contributed by atoms with Gasteiger partial charge in [0.2, 0.25) is 0 Å². The van der Waals surface area contributed by atoms with Crippen LogP contribution in [0.3, 0.4) is 0 Å². The third-order valence-electron chi connectivity index (χ3n) is 3.03. The van der Waals surface area contributed by atoms with E-state index in [9.17, 15) is 21.6 Å². The Hall–Kier alpha value is -1.38. The standard InChI is InChI=1S/C11H14F3N3O2S/c1-7-16-9(11(12,13)14)4-10(17-7)15-5-8-2-3-20(18,19)6-8/h4,8H,2-3,5-6H2,1H3,(H,15,16,17). The summed E-state index contributed by atoms with van der Waals surface area (Å²) < 4.78 is 60.4. The number of nitrogens with one attached hydrogen (secondary N) is 1. The minimum absolute atomic E-state index is 0.0152. The van der Waals surface area contributed by atoms with E-state index in [1.54, 1.807) is 0 Å². The summed E-state index contributed by atoms with van der Waals surface area (Å²) in [5.74, 6) is 0.187. The van der Waals surface area contributed by atoms with Gasteiger partial charge in [-0.25, -0.2) is 18.4 Å². The molecule has 112 valence electrons. The first-order chi connectivity index (χ1) is 9.16. The summed E-state index contributed by atoms with van der Waals surface area (Å²) in [6, 6.07) is 0.830. The van der Waals surface area contributed by atoms with Crippen LogP contribution in [-0.4, -0.2) is 36.4 Å². The van der Waals surface area contributed by atoms with Gasteiger partial charge in [-0.05, 0) is 19.3 Å². The Kier molecular flexibility index (Phi) is 3.90. The lowest BCUT2D eigenvalue weighted by atomic mass is 10.1. The highest BCUT2D eigenvalue weighted by molar-refractivity contribution is 7.91. The summed E-state index contributed by atoms with van der Waals surface area (Å²) in [6.45, 7) is 1.66. The minimum Gasteiger partial charge on any atom is -0.370 e. The van der Waals surface area contributed by atoms with E-state index in [0.717, 1.165) is 6.07 Å². The van der Waals surface area contributed by atoms with Crippen molar-refractivity contribution in [1.29, 1.82) is 0 Å². The third kappa shape index (κ3) is 3.81. The highest BCUT2D eigenvalue weighted by Crippen LogP contribution is 2.29. The Labute approximate surface area is 114 Å². The molecule has 0 amide bonds. The monoisotopic (exact) mass is 309 g/mol. The largest absolute Gasteiger partial charge is 0.433 e. The third-order valence-corrected chi connectivity index (χ3v) is 4.86. The van der Waals surface area contributed by atoms with Crippen molar-refractivity contribution < 1.29 is 21.6 Å². The maximum Gasteiger partial charge on any atom is 0.433 e. The Morgan fingerprint density at radius 1 is 1.40 bits per heavy atom. The molecule has 0 bridgehead atoms. The van der Waals surface area contributed by atoms with Crippen molar-refractivity contribution in [2.75, 3.05) is 23.4 Å². The second kappa shape index (κ2) is 5.19. The molecule has 1 aromatic heterocycles. The van der Waals surface area contributed by atoms with Gasteiger partial charge < -0.3 is 5.32 Å². The van der Waals surface area contributed by atoms with E-state index in [1.165, 1.54) is 6.92 Å². The van der Waals surface area contributed by atoms with E-state index in [1.807, 2.05) is 0 Å². The summed E-state index contributed by atoms with van der Waals surface area (Å²) in [7, 11) is -2.99. The maximum absolute atomic E-state index is 12.6. The average molecular weight is 309 g/mol. The van der Waals surface area contributed by atoms with Gasteiger partial charge in [0.05, 0.1) is 11.5 Å². The predicted octanol–water partition coefficient (Wildman–Crippen LogP) is 1.65. The zero-order valence-corrected chi connectivity index (χ0v) is 11.6. The number of aromatic nitrogens is 2. The fraction of sp³-hybridized carbons (Fsp3) is 0.636. The molecule has 20 heavy (non-hydrogen) atoms. The second-order valence-corrected chi connectivity index (χ2v) is 7.06. The summed E-state index contributed by atoms with van der Waals surface area (Å²) >= 11 is 0. The van der Waals surface area contributed by atoms with Gasteiger partial charge in [-0.15, -0.1) is 0 Å². The molecule has 0 radical (unpaired) electrons. The van der Waals surface area contributed by atoms with Gasteiger partial charge in [0.25, 0.3) is 0 Å². The molecule has 1 N–H and O–H groups in total.